The summed E-state index contributed by atoms with van der Waals surface area (Å²) in [6, 6.07) is 10.2. The van der Waals surface area contributed by atoms with E-state index in [1.165, 1.54) is 11.1 Å². The molecule has 0 bridgehead atoms. The summed E-state index contributed by atoms with van der Waals surface area (Å²) in [5.41, 5.74) is 3.84. The Labute approximate surface area is 137 Å². The van der Waals surface area contributed by atoms with E-state index in [9.17, 15) is 4.79 Å². The van der Waals surface area contributed by atoms with E-state index in [0.29, 0.717) is 18.7 Å². The van der Waals surface area contributed by atoms with E-state index in [2.05, 4.69) is 46.8 Å². The fourth-order valence-corrected chi connectivity index (χ4v) is 2.07. The van der Waals surface area contributed by atoms with E-state index in [1.54, 1.807) is 12.4 Å². The van der Waals surface area contributed by atoms with Crippen LogP contribution >= 0.6 is 0 Å². The van der Waals surface area contributed by atoms with Gasteiger partial charge in [-0.3, -0.25) is 9.78 Å². The lowest BCUT2D eigenvalue weighted by Crippen LogP contribution is -2.31. The van der Waals surface area contributed by atoms with Crippen molar-refractivity contribution in [3.63, 3.8) is 0 Å². The van der Waals surface area contributed by atoms with Crippen LogP contribution in [-0.4, -0.2) is 43.0 Å². The first kappa shape index (κ1) is 17.0. The number of hydrogen-bond acceptors (Lipinski definition) is 4. The number of anilines is 1. The number of amides is 1. The quantitative estimate of drug-likeness (QED) is 0.823. The zero-order valence-electron chi connectivity index (χ0n) is 14.0. The van der Waals surface area contributed by atoms with Crippen LogP contribution in [0.25, 0.3) is 0 Å². The molecular formula is C18H24N4O. The number of pyridine rings is 1. The second-order valence-corrected chi connectivity index (χ2v) is 5.86. The molecule has 1 amide bonds. The fraction of sp³-hybridized carbons (Fsp3) is 0.333. The van der Waals surface area contributed by atoms with Gasteiger partial charge in [-0.15, -0.1) is 0 Å². The molecule has 0 aliphatic carbocycles. The highest BCUT2D eigenvalue weighted by Crippen LogP contribution is 2.11. The molecule has 0 fully saturated rings. The topological polar surface area (TPSA) is 57.3 Å². The standard InChI is InChI=1S/C18H24N4O/c1-14-4-6-15(7-5-14)11-21-17-10-16(12-19-13-17)18(23)20-8-9-22(2)3/h4-7,10,12-13,21H,8-9,11H2,1-3H3,(H,20,23). The lowest BCUT2D eigenvalue weighted by Gasteiger charge is -2.11. The van der Waals surface area contributed by atoms with Gasteiger partial charge in [-0.05, 0) is 32.6 Å². The normalized spacial score (nSPS) is 10.6. The van der Waals surface area contributed by atoms with E-state index in [4.69, 9.17) is 0 Å². The third-order valence-electron chi connectivity index (χ3n) is 3.46. The molecule has 0 unspecified atom stereocenters. The Balaban J connectivity index is 1.91. The van der Waals surface area contributed by atoms with Crippen LogP contribution in [0.15, 0.2) is 42.7 Å². The zero-order valence-corrected chi connectivity index (χ0v) is 14.0. The van der Waals surface area contributed by atoms with Gasteiger partial charge in [0.25, 0.3) is 5.91 Å². The van der Waals surface area contributed by atoms with Crippen LogP contribution in [0.1, 0.15) is 21.5 Å². The summed E-state index contributed by atoms with van der Waals surface area (Å²) in [6.45, 7) is 4.20. The van der Waals surface area contributed by atoms with Crippen molar-refractivity contribution in [1.29, 1.82) is 0 Å². The van der Waals surface area contributed by atoms with Crippen LogP contribution in [0.5, 0.6) is 0 Å². The van der Waals surface area contributed by atoms with Gasteiger partial charge in [-0.2, -0.15) is 0 Å². The molecule has 2 rings (SSSR count). The van der Waals surface area contributed by atoms with Crippen molar-refractivity contribution in [1.82, 2.24) is 15.2 Å². The number of nitrogens with zero attached hydrogens (tertiary/aromatic N) is 2. The van der Waals surface area contributed by atoms with Crippen molar-refractivity contribution in [3.05, 3.63) is 59.4 Å². The van der Waals surface area contributed by atoms with Gasteiger partial charge in [0.15, 0.2) is 0 Å². The number of nitrogens with one attached hydrogen (secondary N) is 2. The molecule has 0 aliphatic rings. The van der Waals surface area contributed by atoms with Crippen LogP contribution in [0.3, 0.4) is 0 Å². The number of carbonyl (C=O) groups is 1. The van der Waals surface area contributed by atoms with Gasteiger partial charge in [0.05, 0.1) is 11.3 Å². The Kier molecular flexibility index (Phi) is 6.11. The SMILES string of the molecule is Cc1ccc(CNc2cncc(C(=O)NCCN(C)C)c2)cc1. The second-order valence-electron chi connectivity index (χ2n) is 5.86. The summed E-state index contributed by atoms with van der Waals surface area (Å²) in [7, 11) is 3.95. The first-order valence-corrected chi connectivity index (χ1v) is 7.72. The average molecular weight is 312 g/mol. The smallest absolute Gasteiger partial charge is 0.252 e. The minimum Gasteiger partial charge on any atom is -0.380 e. The third kappa shape index (κ3) is 5.71. The molecule has 0 aliphatic heterocycles. The Morgan fingerprint density at radius 1 is 1.17 bits per heavy atom. The zero-order chi connectivity index (χ0) is 16.7. The summed E-state index contributed by atoms with van der Waals surface area (Å²) >= 11 is 0. The Morgan fingerprint density at radius 3 is 2.61 bits per heavy atom. The van der Waals surface area contributed by atoms with Crippen LogP contribution in [0, 0.1) is 6.92 Å². The minimum atomic E-state index is -0.0988. The number of carbonyl (C=O) groups excluding carboxylic acids is 1. The predicted molar refractivity (Wildman–Crippen MR) is 93.6 cm³/mol. The summed E-state index contributed by atoms with van der Waals surface area (Å²) in [6.07, 6.45) is 3.31. The molecule has 0 saturated heterocycles. The maximum Gasteiger partial charge on any atom is 0.252 e. The first-order chi connectivity index (χ1) is 11.0. The second kappa shape index (κ2) is 8.29. The van der Waals surface area contributed by atoms with Crippen LogP contribution < -0.4 is 10.6 Å². The van der Waals surface area contributed by atoms with Crippen molar-refractivity contribution >= 4 is 11.6 Å². The van der Waals surface area contributed by atoms with Gasteiger partial charge < -0.3 is 15.5 Å². The molecule has 5 heteroatoms. The molecule has 1 aromatic carbocycles. The molecule has 1 heterocycles. The Hall–Kier alpha value is -2.40. The van der Waals surface area contributed by atoms with E-state index in [0.717, 1.165) is 12.2 Å². The largest absolute Gasteiger partial charge is 0.380 e. The molecule has 0 atom stereocenters. The maximum atomic E-state index is 12.1. The molecular weight excluding hydrogens is 288 g/mol. The van der Waals surface area contributed by atoms with Crippen LogP contribution in [-0.2, 0) is 6.54 Å². The lowest BCUT2D eigenvalue weighted by atomic mass is 10.1. The van der Waals surface area contributed by atoms with Crippen molar-refractivity contribution in [3.8, 4) is 0 Å². The number of hydrogen-bond donors (Lipinski definition) is 2. The van der Waals surface area contributed by atoms with Crippen molar-refractivity contribution < 1.29 is 4.79 Å². The summed E-state index contributed by atoms with van der Waals surface area (Å²) in [5.74, 6) is -0.0988. The maximum absolute atomic E-state index is 12.1. The van der Waals surface area contributed by atoms with Crippen LogP contribution in [0.2, 0.25) is 0 Å². The van der Waals surface area contributed by atoms with Gasteiger partial charge in [-0.25, -0.2) is 0 Å². The van der Waals surface area contributed by atoms with Crippen molar-refractivity contribution in [2.75, 3.05) is 32.5 Å². The monoisotopic (exact) mass is 312 g/mol. The first-order valence-electron chi connectivity index (χ1n) is 7.72. The molecule has 2 aromatic rings. The molecule has 0 radical (unpaired) electrons. The molecule has 0 saturated carbocycles. The molecule has 0 spiro atoms. The predicted octanol–water partition coefficient (Wildman–Crippen LogP) is 2.29. The molecule has 2 N–H and O–H groups in total. The highest BCUT2D eigenvalue weighted by molar-refractivity contribution is 5.94. The van der Waals surface area contributed by atoms with Gasteiger partial charge >= 0.3 is 0 Å². The van der Waals surface area contributed by atoms with E-state index in [1.807, 2.05) is 25.1 Å². The minimum absolute atomic E-state index is 0.0988. The number of aryl methyl sites for hydroxylation is 1. The van der Waals surface area contributed by atoms with Crippen molar-refractivity contribution in [2.45, 2.75) is 13.5 Å². The summed E-state index contributed by atoms with van der Waals surface area (Å²) in [4.78, 5) is 18.3. The molecule has 23 heavy (non-hydrogen) atoms. The fourth-order valence-electron chi connectivity index (χ4n) is 2.07. The number of rotatable bonds is 7. The molecule has 122 valence electrons. The number of aromatic nitrogens is 1. The van der Waals surface area contributed by atoms with Crippen LogP contribution in [0.4, 0.5) is 5.69 Å². The lowest BCUT2D eigenvalue weighted by molar-refractivity contribution is 0.0950. The van der Waals surface area contributed by atoms with E-state index >= 15 is 0 Å². The van der Waals surface area contributed by atoms with Crippen molar-refractivity contribution in [2.24, 2.45) is 0 Å². The Bertz CT molecular complexity index is 638. The summed E-state index contributed by atoms with van der Waals surface area (Å²) < 4.78 is 0. The van der Waals surface area contributed by atoms with E-state index in [-0.39, 0.29) is 5.91 Å². The van der Waals surface area contributed by atoms with Gasteiger partial charge in [0.2, 0.25) is 0 Å². The molecule has 1 aromatic heterocycles. The van der Waals surface area contributed by atoms with Gasteiger partial charge in [-0.1, -0.05) is 29.8 Å². The van der Waals surface area contributed by atoms with Gasteiger partial charge in [0, 0.05) is 32.0 Å². The summed E-state index contributed by atoms with van der Waals surface area (Å²) in [5, 5.41) is 6.19. The number of benzene rings is 1. The highest BCUT2D eigenvalue weighted by atomic mass is 16.1. The van der Waals surface area contributed by atoms with Gasteiger partial charge in [0.1, 0.15) is 0 Å². The Morgan fingerprint density at radius 2 is 1.91 bits per heavy atom. The molecule has 5 nitrogen and oxygen atoms in total. The third-order valence-corrected chi connectivity index (χ3v) is 3.46. The van der Waals surface area contributed by atoms with E-state index < -0.39 is 0 Å². The highest BCUT2D eigenvalue weighted by Gasteiger charge is 2.06. The average Bonchev–Trinajstić information content (AvgIpc) is 2.54. The number of likely N-dealkylation sites (N-methyl/N-ethyl adjacent to an activating group) is 1.